The molecule has 3 aromatic rings. The molecule has 1 atom stereocenters. The Morgan fingerprint density at radius 1 is 1.27 bits per heavy atom. The smallest absolute Gasteiger partial charge is 0.262 e. The molecule has 0 fully saturated rings. The SMILES string of the molecule is COCCn1c(SC(C)c2ccc(F)cc2)nc2cc(Cl)ccc2c1=O. The number of ether oxygens (including phenoxy) is 1. The Morgan fingerprint density at radius 2 is 2.00 bits per heavy atom. The second-order valence-corrected chi connectivity index (χ2v) is 7.56. The molecule has 136 valence electrons. The van der Waals surface area contributed by atoms with Crippen molar-refractivity contribution in [3.8, 4) is 0 Å². The summed E-state index contributed by atoms with van der Waals surface area (Å²) in [7, 11) is 1.59. The second-order valence-electron chi connectivity index (χ2n) is 5.82. The van der Waals surface area contributed by atoms with E-state index in [2.05, 4.69) is 4.98 Å². The fraction of sp³-hybridized carbons (Fsp3) is 0.263. The van der Waals surface area contributed by atoms with Crippen LogP contribution in [0.2, 0.25) is 5.02 Å². The number of benzene rings is 2. The molecule has 1 unspecified atom stereocenters. The van der Waals surface area contributed by atoms with Crippen LogP contribution in [0.4, 0.5) is 4.39 Å². The van der Waals surface area contributed by atoms with Crippen LogP contribution in [0.25, 0.3) is 10.9 Å². The van der Waals surface area contributed by atoms with Gasteiger partial charge in [-0.05, 0) is 42.8 Å². The van der Waals surface area contributed by atoms with Gasteiger partial charge in [0, 0.05) is 17.4 Å². The van der Waals surface area contributed by atoms with Crippen LogP contribution in [-0.4, -0.2) is 23.3 Å². The van der Waals surface area contributed by atoms with E-state index in [1.807, 2.05) is 6.92 Å². The lowest BCUT2D eigenvalue weighted by Crippen LogP contribution is -2.25. The molecule has 0 saturated heterocycles. The van der Waals surface area contributed by atoms with E-state index in [0.717, 1.165) is 5.56 Å². The van der Waals surface area contributed by atoms with E-state index in [4.69, 9.17) is 16.3 Å². The molecule has 2 aromatic carbocycles. The molecule has 0 amide bonds. The molecule has 0 aliphatic heterocycles. The topological polar surface area (TPSA) is 44.1 Å². The molecule has 1 heterocycles. The van der Waals surface area contributed by atoms with Crippen molar-refractivity contribution >= 4 is 34.3 Å². The lowest BCUT2D eigenvalue weighted by molar-refractivity contribution is 0.183. The van der Waals surface area contributed by atoms with E-state index in [9.17, 15) is 9.18 Å². The molecule has 0 N–H and O–H groups in total. The van der Waals surface area contributed by atoms with E-state index in [0.29, 0.717) is 34.2 Å². The van der Waals surface area contributed by atoms with Crippen LogP contribution in [0, 0.1) is 5.82 Å². The van der Waals surface area contributed by atoms with Crippen LogP contribution >= 0.6 is 23.4 Å². The zero-order chi connectivity index (χ0) is 18.7. The van der Waals surface area contributed by atoms with Crippen molar-refractivity contribution in [2.45, 2.75) is 23.9 Å². The van der Waals surface area contributed by atoms with Gasteiger partial charge in [-0.3, -0.25) is 9.36 Å². The predicted molar refractivity (Wildman–Crippen MR) is 104 cm³/mol. The Labute approximate surface area is 160 Å². The largest absolute Gasteiger partial charge is 0.383 e. The van der Waals surface area contributed by atoms with E-state index in [1.54, 1.807) is 42.0 Å². The van der Waals surface area contributed by atoms with E-state index < -0.39 is 0 Å². The molecule has 0 spiro atoms. The Morgan fingerprint density at radius 3 is 2.69 bits per heavy atom. The standard InChI is InChI=1S/C19H18ClFN2O2S/c1-12(13-3-6-15(21)7-4-13)26-19-22-17-11-14(20)5-8-16(17)18(24)23(19)9-10-25-2/h3-8,11-12H,9-10H2,1-2H3. The first-order valence-electron chi connectivity index (χ1n) is 8.10. The van der Waals surface area contributed by atoms with Crippen molar-refractivity contribution < 1.29 is 9.13 Å². The number of hydrogen-bond donors (Lipinski definition) is 0. The maximum atomic E-state index is 13.2. The maximum Gasteiger partial charge on any atom is 0.262 e. The van der Waals surface area contributed by atoms with Crippen molar-refractivity contribution in [2.24, 2.45) is 0 Å². The fourth-order valence-electron chi connectivity index (χ4n) is 2.60. The summed E-state index contributed by atoms with van der Waals surface area (Å²) >= 11 is 7.50. The number of aromatic nitrogens is 2. The van der Waals surface area contributed by atoms with Gasteiger partial charge in [0.25, 0.3) is 5.56 Å². The minimum absolute atomic E-state index is 0.00655. The zero-order valence-corrected chi connectivity index (χ0v) is 16.0. The number of halogens is 2. The van der Waals surface area contributed by atoms with Crippen molar-refractivity contribution in [2.75, 3.05) is 13.7 Å². The molecule has 0 aliphatic carbocycles. The average molecular weight is 393 g/mol. The lowest BCUT2D eigenvalue weighted by Gasteiger charge is -2.16. The number of nitrogens with zero attached hydrogens (tertiary/aromatic N) is 2. The highest BCUT2D eigenvalue weighted by Gasteiger charge is 2.16. The van der Waals surface area contributed by atoms with Crippen LogP contribution in [0.5, 0.6) is 0 Å². The summed E-state index contributed by atoms with van der Waals surface area (Å²) in [6, 6.07) is 11.4. The number of methoxy groups -OCH3 is 1. The highest BCUT2D eigenvalue weighted by Crippen LogP contribution is 2.34. The highest BCUT2D eigenvalue weighted by molar-refractivity contribution is 7.99. The molecule has 0 radical (unpaired) electrons. The average Bonchev–Trinajstić information content (AvgIpc) is 2.61. The molecule has 0 bridgehead atoms. The summed E-state index contributed by atoms with van der Waals surface area (Å²) in [5.74, 6) is -0.276. The Kier molecular flexibility index (Phi) is 5.96. The number of thioether (sulfide) groups is 1. The van der Waals surface area contributed by atoms with Gasteiger partial charge in [-0.15, -0.1) is 0 Å². The van der Waals surface area contributed by atoms with Gasteiger partial charge in [0.2, 0.25) is 0 Å². The van der Waals surface area contributed by atoms with Crippen molar-refractivity contribution in [3.05, 3.63) is 69.2 Å². The third-order valence-corrected chi connectivity index (χ3v) is 5.41. The van der Waals surface area contributed by atoms with Crippen LogP contribution < -0.4 is 5.56 Å². The van der Waals surface area contributed by atoms with E-state index >= 15 is 0 Å². The molecule has 26 heavy (non-hydrogen) atoms. The molecule has 4 nitrogen and oxygen atoms in total. The quantitative estimate of drug-likeness (QED) is 0.451. The Bertz CT molecular complexity index is 976. The molecular formula is C19H18ClFN2O2S. The lowest BCUT2D eigenvalue weighted by atomic mass is 10.2. The van der Waals surface area contributed by atoms with E-state index in [-0.39, 0.29) is 16.6 Å². The predicted octanol–water partition coefficient (Wildman–Crippen LogP) is 4.69. The van der Waals surface area contributed by atoms with Gasteiger partial charge < -0.3 is 4.74 Å². The highest BCUT2D eigenvalue weighted by atomic mass is 35.5. The summed E-state index contributed by atoms with van der Waals surface area (Å²) in [6.45, 7) is 2.80. The third kappa shape index (κ3) is 4.09. The maximum absolute atomic E-state index is 13.2. The summed E-state index contributed by atoms with van der Waals surface area (Å²) in [6.07, 6.45) is 0. The molecule has 0 aliphatic rings. The van der Waals surface area contributed by atoms with Crippen molar-refractivity contribution in [1.29, 1.82) is 0 Å². The van der Waals surface area contributed by atoms with E-state index in [1.165, 1.54) is 23.9 Å². The first-order valence-corrected chi connectivity index (χ1v) is 9.36. The zero-order valence-electron chi connectivity index (χ0n) is 14.4. The first kappa shape index (κ1) is 18.9. The normalized spacial score (nSPS) is 12.5. The Balaban J connectivity index is 2.04. The van der Waals surface area contributed by atoms with Gasteiger partial charge in [-0.1, -0.05) is 35.5 Å². The van der Waals surface area contributed by atoms with Crippen LogP contribution in [0.1, 0.15) is 17.7 Å². The fourth-order valence-corrected chi connectivity index (χ4v) is 3.83. The minimum atomic E-state index is -0.276. The summed E-state index contributed by atoms with van der Waals surface area (Å²) in [5, 5.41) is 1.62. The third-order valence-electron chi connectivity index (χ3n) is 4.02. The van der Waals surface area contributed by atoms with Gasteiger partial charge in [-0.2, -0.15) is 0 Å². The summed E-state index contributed by atoms with van der Waals surface area (Å²) in [5.41, 5.74) is 1.39. The second kappa shape index (κ2) is 8.20. The number of hydrogen-bond acceptors (Lipinski definition) is 4. The van der Waals surface area contributed by atoms with Crippen LogP contribution in [-0.2, 0) is 11.3 Å². The summed E-state index contributed by atoms with van der Waals surface area (Å²) in [4.78, 5) is 17.5. The van der Waals surface area contributed by atoms with Gasteiger partial charge in [0.15, 0.2) is 5.16 Å². The number of rotatable bonds is 6. The van der Waals surface area contributed by atoms with Crippen molar-refractivity contribution in [1.82, 2.24) is 9.55 Å². The van der Waals surface area contributed by atoms with Crippen LogP contribution in [0.3, 0.4) is 0 Å². The molecule has 1 aromatic heterocycles. The van der Waals surface area contributed by atoms with Crippen molar-refractivity contribution in [3.63, 3.8) is 0 Å². The summed E-state index contributed by atoms with van der Waals surface area (Å²) < 4.78 is 19.9. The van der Waals surface area contributed by atoms with Gasteiger partial charge in [-0.25, -0.2) is 9.37 Å². The number of fused-ring (bicyclic) bond motifs is 1. The van der Waals surface area contributed by atoms with Gasteiger partial charge in [0.1, 0.15) is 5.82 Å². The minimum Gasteiger partial charge on any atom is -0.383 e. The molecule has 0 saturated carbocycles. The molecule has 7 heteroatoms. The van der Waals surface area contributed by atoms with Crippen LogP contribution in [0.15, 0.2) is 52.4 Å². The Hall–Kier alpha value is -1.89. The molecular weight excluding hydrogens is 375 g/mol. The van der Waals surface area contributed by atoms with Gasteiger partial charge in [0.05, 0.1) is 24.1 Å². The van der Waals surface area contributed by atoms with Gasteiger partial charge >= 0.3 is 0 Å². The molecule has 3 rings (SSSR count). The monoisotopic (exact) mass is 392 g/mol. The first-order chi connectivity index (χ1) is 12.5.